The molecule has 0 radical (unpaired) electrons. The largest absolute Gasteiger partial charge is 0.394 e. The highest BCUT2D eigenvalue weighted by Gasteiger charge is 2.23. The van der Waals surface area contributed by atoms with Gasteiger partial charge in [0.25, 0.3) is 11.8 Å². The van der Waals surface area contributed by atoms with Crippen LogP contribution in [0.5, 0.6) is 0 Å². The summed E-state index contributed by atoms with van der Waals surface area (Å²) in [6.07, 6.45) is 3.25. The molecule has 214 valence electrons. The van der Waals surface area contributed by atoms with Gasteiger partial charge in [0, 0.05) is 35.3 Å². The fraction of sp³-hybridized carbons (Fsp3) is 0.400. The average Bonchev–Trinajstić information content (AvgIpc) is 2.97. The Labute approximate surface area is 234 Å². The highest BCUT2D eigenvalue weighted by molar-refractivity contribution is 6.02. The lowest BCUT2D eigenvalue weighted by atomic mass is 10.0. The third kappa shape index (κ3) is 10.5. The van der Waals surface area contributed by atoms with Gasteiger partial charge in [0.2, 0.25) is 11.8 Å². The van der Waals surface area contributed by atoms with Crippen LogP contribution in [0.25, 0.3) is 0 Å². The van der Waals surface area contributed by atoms with Crippen LogP contribution in [0.15, 0.2) is 48.5 Å². The molecule has 4 amide bonds. The molecule has 0 spiro atoms. The van der Waals surface area contributed by atoms with Crippen LogP contribution in [0.4, 0.5) is 0 Å². The van der Waals surface area contributed by atoms with Gasteiger partial charge in [0.1, 0.15) is 12.1 Å². The molecule has 0 saturated heterocycles. The standard InChI is InChI=1S/C30H38N4O6/c1-3-5-14-31-29(39)25(19-35)33-27(37)23-16-22(13-12-21-10-8-7-9-11-21)17-24(18-23)28(38)34-26(20-36)30(40)32-15-6-4-2/h7-11,16-18,25-26,35-36H,3-6,14-15,19-20H2,1-2H3,(H,31,39)(H,32,40)(H,33,37)(H,34,38). The summed E-state index contributed by atoms with van der Waals surface area (Å²) in [6.45, 7) is 3.54. The number of hydrogen-bond acceptors (Lipinski definition) is 6. The first kappa shape index (κ1) is 32.0. The van der Waals surface area contributed by atoms with Gasteiger partial charge in [-0.2, -0.15) is 0 Å². The SMILES string of the molecule is CCCCNC(=O)C(CO)NC(=O)c1cc(C#Cc2ccccc2)cc(C(=O)NC(CO)C(=O)NCCCC)c1. The van der Waals surface area contributed by atoms with Crippen LogP contribution < -0.4 is 21.3 Å². The molecular formula is C30H38N4O6. The van der Waals surface area contributed by atoms with Crippen LogP contribution in [0.2, 0.25) is 0 Å². The summed E-state index contributed by atoms with van der Waals surface area (Å²) in [7, 11) is 0. The van der Waals surface area contributed by atoms with E-state index in [1.807, 2.05) is 44.2 Å². The Balaban J connectivity index is 2.33. The van der Waals surface area contributed by atoms with E-state index >= 15 is 0 Å². The van der Waals surface area contributed by atoms with Crippen molar-refractivity contribution in [3.05, 3.63) is 70.8 Å². The lowest BCUT2D eigenvalue weighted by Gasteiger charge is -2.18. The van der Waals surface area contributed by atoms with E-state index in [4.69, 9.17) is 0 Å². The zero-order valence-electron chi connectivity index (χ0n) is 23.0. The summed E-state index contributed by atoms with van der Waals surface area (Å²) in [5.41, 5.74) is 1.11. The molecule has 2 rings (SSSR count). The Morgan fingerprint density at radius 1 is 0.700 bits per heavy atom. The predicted octanol–water partition coefficient (Wildman–Crippen LogP) is 1.10. The molecule has 2 unspecified atom stereocenters. The third-order valence-corrected chi connectivity index (χ3v) is 5.85. The van der Waals surface area contributed by atoms with Crippen molar-refractivity contribution in [1.82, 2.24) is 21.3 Å². The van der Waals surface area contributed by atoms with Crippen molar-refractivity contribution >= 4 is 23.6 Å². The second-order valence-corrected chi connectivity index (χ2v) is 9.12. The fourth-order valence-corrected chi connectivity index (χ4v) is 3.52. The lowest BCUT2D eigenvalue weighted by molar-refractivity contribution is -0.124. The Morgan fingerprint density at radius 3 is 1.57 bits per heavy atom. The molecule has 0 aliphatic carbocycles. The minimum atomic E-state index is -1.19. The van der Waals surface area contributed by atoms with Crippen LogP contribution in [0.1, 0.15) is 71.4 Å². The van der Waals surface area contributed by atoms with E-state index in [1.54, 1.807) is 0 Å². The molecule has 0 aliphatic rings. The molecule has 0 fully saturated rings. The first-order valence-corrected chi connectivity index (χ1v) is 13.4. The summed E-state index contributed by atoms with van der Waals surface area (Å²) in [5.74, 6) is 3.46. The number of benzene rings is 2. The van der Waals surface area contributed by atoms with E-state index in [0.717, 1.165) is 31.2 Å². The second-order valence-electron chi connectivity index (χ2n) is 9.12. The van der Waals surface area contributed by atoms with Crippen molar-refractivity contribution in [2.75, 3.05) is 26.3 Å². The highest BCUT2D eigenvalue weighted by atomic mass is 16.3. The van der Waals surface area contributed by atoms with Crippen molar-refractivity contribution < 1.29 is 29.4 Å². The molecule has 10 heteroatoms. The number of carbonyl (C=O) groups is 4. The van der Waals surface area contributed by atoms with Gasteiger partial charge in [-0.3, -0.25) is 19.2 Å². The molecule has 40 heavy (non-hydrogen) atoms. The number of hydrogen-bond donors (Lipinski definition) is 6. The van der Waals surface area contributed by atoms with Crippen molar-refractivity contribution in [1.29, 1.82) is 0 Å². The van der Waals surface area contributed by atoms with Crippen LogP contribution in [0.3, 0.4) is 0 Å². The van der Waals surface area contributed by atoms with Gasteiger partial charge in [-0.15, -0.1) is 0 Å². The summed E-state index contributed by atoms with van der Waals surface area (Å²) in [4.78, 5) is 51.0. The molecule has 6 N–H and O–H groups in total. The number of nitrogens with one attached hydrogen (secondary N) is 4. The monoisotopic (exact) mass is 550 g/mol. The second kappa shape index (κ2) is 17.4. The number of unbranched alkanes of at least 4 members (excludes halogenated alkanes) is 2. The average molecular weight is 551 g/mol. The maximum atomic E-state index is 13.1. The normalized spacial score (nSPS) is 11.8. The van der Waals surface area contributed by atoms with Crippen molar-refractivity contribution in [2.45, 2.75) is 51.6 Å². The summed E-state index contributed by atoms with van der Waals surface area (Å²) >= 11 is 0. The Morgan fingerprint density at radius 2 is 1.15 bits per heavy atom. The molecule has 0 heterocycles. The zero-order chi connectivity index (χ0) is 29.3. The minimum absolute atomic E-state index is 0.0257. The first-order valence-electron chi connectivity index (χ1n) is 13.4. The Bertz CT molecular complexity index is 1140. The minimum Gasteiger partial charge on any atom is -0.394 e. The molecule has 0 saturated carbocycles. The van der Waals surface area contributed by atoms with Crippen LogP contribution >= 0.6 is 0 Å². The van der Waals surface area contributed by atoms with Crippen LogP contribution in [-0.2, 0) is 9.59 Å². The molecule has 10 nitrogen and oxygen atoms in total. The molecule has 0 aromatic heterocycles. The van der Waals surface area contributed by atoms with Gasteiger partial charge in [-0.1, -0.05) is 56.7 Å². The van der Waals surface area contributed by atoms with Gasteiger partial charge in [-0.25, -0.2) is 0 Å². The molecule has 0 aliphatic heterocycles. The fourth-order valence-electron chi connectivity index (χ4n) is 3.52. The quantitative estimate of drug-likeness (QED) is 0.153. The number of amides is 4. The number of carbonyl (C=O) groups excluding carboxylic acids is 4. The van der Waals surface area contributed by atoms with E-state index in [0.29, 0.717) is 18.7 Å². The van der Waals surface area contributed by atoms with E-state index in [9.17, 15) is 29.4 Å². The van der Waals surface area contributed by atoms with Crippen LogP contribution in [-0.4, -0.2) is 72.2 Å². The third-order valence-electron chi connectivity index (χ3n) is 5.85. The van der Waals surface area contributed by atoms with Crippen LogP contribution in [0, 0.1) is 11.8 Å². The molecule has 2 aromatic carbocycles. The van der Waals surface area contributed by atoms with Gasteiger partial charge in [0.15, 0.2) is 0 Å². The van der Waals surface area contributed by atoms with Crippen molar-refractivity contribution in [2.24, 2.45) is 0 Å². The lowest BCUT2D eigenvalue weighted by Crippen LogP contribution is -2.49. The van der Waals surface area contributed by atoms with E-state index in [2.05, 4.69) is 33.1 Å². The smallest absolute Gasteiger partial charge is 0.252 e. The maximum absolute atomic E-state index is 13.1. The van der Waals surface area contributed by atoms with Crippen molar-refractivity contribution in [3.8, 4) is 11.8 Å². The summed E-state index contributed by atoms with van der Waals surface area (Å²) < 4.78 is 0. The molecular weight excluding hydrogens is 512 g/mol. The number of rotatable bonds is 14. The van der Waals surface area contributed by atoms with Gasteiger partial charge < -0.3 is 31.5 Å². The topological polar surface area (TPSA) is 157 Å². The molecule has 2 atom stereocenters. The predicted molar refractivity (Wildman–Crippen MR) is 151 cm³/mol. The van der Waals surface area contributed by atoms with E-state index in [1.165, 1.54) is 18.2 Å². The zero-order valence-corrected chi connectivity index (χ0v) is 23.0. The van der Waals surface area contributed by atoms with Gasteiger partial charge in [-0.05, 0) is 43.2 Å². The van der Waals surface area contributed by atoms with Gasteiger partial charge in [0.05, 0.1) is 13.2 Å². The number of aliphatic hydroxyl groups excluding tert-OH is 2. The summed E-state index contributed by atoms with van der Waals surface area (Å²) in [5, 5.41) is 29.7. The highest BCUT2D eigenvalue weighted by Crippen LogP contribution is 2.12. The van der Waals surface area contributed by atoms with E-state index < -0.39 is 48.9 Å². The number of aliphatic hydroxyl groups is 2. The molecule has 0 bridgehead atoms. The van der Waals surface area contributed by atoms with Gasteiger partial charge >= 0.3 is 0 Å². The first-order chi connectivity index (χ1) is 19.3. The summed E-state index contributed by atoms with van der Waals surface area (Å²) in [6, 6.07) is 11.0. The molecule has 2 aromatic rings. The van der Waals surface area contributed by atoms with Crippen molar-refractivity contribution in [3.63, 3.8) is 0 Å². The van der Waals surface area contributed by atoms with E-state index in [-0.39, 0.29) is 11.1 Å². The Hall–Kier alpha value is -4.20. The maximum Gasteiger partial charge on any atom is 0.252 e. The Kier molecular flexibility index (Phi) is 13.9.